The number of methoxy groups -OCH3 is 1. The number of fused-ring (bicyclic) bond motifs is 1. The third kappa shape index (κ3) is 4.23. The van der Waals surface area contributed by atoms with Gasteiger partial charge in [0.2, 0.25) is 10.0 Å². The Morgan fingerprint density at radius 3 is 2.43 bits per heavy atom. The van der Waals surface area contributed by atoms with E-state index in [2.05, 4.69) is 0 Å². The molecular formula is C23H28N2O4S. The predicted molar refractivity (Wildman–Crippen MR) is 116 cm³/mol. The maximum Gasteiger partial charge on any atom is 0.253 e. The summed E-state index contributed by atoms with van der Waals surface area (Å²) < 4.78 is 33.1. The summed E-state index contributed by atoms with van der Waals surface area (Å²) in [5, 5.41) is -0.387. The first kappa shape index (κ1) is 20.9. The van der Waals surface area contributed by atoms with Crippen molar-refractivity contribution in [1.29, 1.82) is 0 Å². The van der Waals surface area contributed by atoms with Crippen LogP contribution in [0.2, 0.25) is 0 Å². The first-order valence-electron chi connectivity index (χ1n) is 10.5. The standard InChI is InChI=1S/C23H28N2O4S/c1-29-21-9-7-18(8-10-21)11-16-25-17-20-12-14-24(15-13-22(20)30(25,27)28)23(26)19-5-3-2-4-6-19/h2-10,20,22H,11-17H2,1H3/t20-,22-/m0/s1. The molecule has 2 heterocycles. The summed E-state index contributed by atoms with van der Waals surface area (Å²) in [5.41, 5.74) is 1.76. The van der Waals surface area contributed by atoms with Crippen molar-refractivity contribution in [3.05, 3.63) is 65.7 Å². The maximum atomic E-state index is 13.2. The molecule has 2 atom stereocenters. The predicted octanol–water partition coefficient (Wildman–Crippen LogP) is 2.80. The lowest BCUT2D eigenvalue weighted by Gasteiger charge is -2.22. The summed E-state index contributed by atoms with van der Waals surface area (Å²) in [7, 11) is -1.71. The summed E-state index contributed by atoms with van der Waals surface area (Å²) >= 11 is 0. The molecule has 2 aliphatic rings. The van der Waals surface area contributed by atoms with Gasteiger partial charge in [-0.25, -0.2) is 12.7 Å². The minimum atomic E-state index is -3.34. The summed E-state index contributed by atoms with van der Waals surface area (Å²) in [6.45, 7) is 2.14. The second-order valence-electron chi connectivity index (χ2n) is 8.04. The largest absolute Gasteiger partial charge is 0.497 e. The van der Waals surface area contributed by atoms with E-state index in [-0.39, 0.29) is 17.1 Å². The Labute approximate surface area is 178 Å². The van der Waals surface area contributed by atoms with Gasteiger partial charge in [0.05, 0.1) is 12.4 Å². The van der Waals surface area contributed by atoms with Crippen LogP contribution in [0, 0.1) is 5.92 Å². The Bertz CT molecular complexity index is 976. The molecule has 4 rings (SSSR count). The van der Waals surface area contributed by atoms with Crippen molar-refractivity contribution in [2.75, 3.05) is 33.3 Å². The second-order valence-corrected chi connectivity index (χ2v) is 10.2. The molecule has 0 aliphatic carbocycles. The van der Waals surface area contributed by atoms with Gasteiger partial charge in [0.25, 0.3) is 5.91 Å². The van der Waals surface area contributed by atoms with Gasteiger partial charge < -0.3 is 9.64 Å². The summed E-state index contributed by atoms with van der Waals surface area (Å²) in [6, 6.07) is 17.0. The van der Waals surface area contributed by atoms with Crippen LogP contribution >= 0.6 is 0 Å². The van der Waals surface area contributed by atoms with Crippen LogP contribution < -0.4 is 4.74 Å². The molecule has 7 heteroatoms. The van der Waals surface area contributed by atoms with Crippen molar-refractivity contribution in [2.24, 2.45) is 5.92 Å². The van der Waals surface area contributed by atoms with E-state index in [0.29, 0.717) is 44.6 Å². The first-order valence-corrected chi connectivity index (χ1v) is 12.0. The number of carbonyl (C=O) groups is 1. The van der Waals surface area contributed by atoms with Crippen LogP contribution in [-0.4, -0.2) is 62.1 Å². The molecule has 1 amide bonds. The number of nitrogens with zero attached hydrogens (tertiary/aromatic N) is 2. The molecule has 6 nitrogen and oxygen atoms in total. The van der Waals surface area contributed by atoms with E-state index in [9.17, 15) is 13.2 Å². The molecule has 2 aliphatic heterocycles. The van der Waals surface area contributed by atoms with E-state index in [1.165, 1.54) is 0 Å². The molecular weight excluding hydrogens is 400 g/mol. The van der Waals surface area contributed by atoms with Crippen molar-refractivity contribution >= 4 is 15.9 Å². The molecule has 2 fully saturated rings. The van der Waals surface area contributed by atoms with E-state index in [1.54, 1.807) is 11.4 Å². The quantitative estimate of drug-likeness (QED) is 0.735. The van der Waals surface area contributed by atoms with Crippen LogP contribution in [0.3, 0.4) is 0 Å². The van der Waals surface area contributed by atoms with Gasteiger partial charge in [-0.15, -0.1) is 0 Å². The first-order chi connectivity index (χ1) is 14.5. The molecule has 30 heavy (non-hydrogen) atoms. The van der Waals surface area contributed by atoms with Crippen molar-refractivity contribution in [3.8, 4) is 5.75 Å². The van der Waals surface area contributed by atoms with Gasteiger partial charge in [-0.1, -0.05) is 30.3 Å². The maximum absolute atomic E-state index is 13.2. The SMILES string of the molecule is COc1ccc(CCN2C[C@@H]3CCN(C(=O)c4ccccc4)CC[C@@H]3S2(=O)=O)cc1. The third-order valence-corrected chi connectivity index (χ3v) is 8.71. The number of amides is 1. The Kier molecular flexibility index (Phi) is 6.11. The summed E-state index contributed by atoms with van der Waals surface area (Å²) in [4.78, 5) is 14.6. The minimum absolute atomic E-state index is 0.00988. The highest BCUT2D eigenvalue weighted by atomic mass is 32.2. The van der Waals surface area contributed by atoms with Crippen molar-refractivity contribution in [2.45, 2.75) is 24.5 Å². The second kappa shape index (κ2) is 8.78. The van der Waals surface area contributed by atoms with Gasteiger partial charge in [-0.2, -0.15) is 0 Å². The van der Waals surface area contributed by atoms with E-state index < -0.39 is 10.0 Å². The van der Waals surface area contributed by atoms with Crippen LogP contribution in [0.5, 0.6) is 5.75 Å². The lowest BCUT2D eigenvalue weighted by atomic mass is 10.0. The third-order valence-electron chi connectivity index (χ3n) is 6.28. The average molecular weight is 429 g/mol. The number of sulfonamides is 1. The lowest BCUT2D eigenvalue weighted by molar-refractivity contribution is 0.0759. The topological polar surface area (TPSA) is 66.9 Å². The van der Waals surface area contributed by atoms with Gasteiger partial charge in [-0.3, -0.25) is 4.79 Å². The molecule has 0 unspecified atom stereocenters. The Hall–Kier alpha value is -2.38. The van der Waals surface area contributed by atoms with Crippen LogP contribution in [0.4, 0.5) is 0 Å². The number of ether oxygens (including phenoxy) is 1. The van der Waals surface area contributed by atoms with E-state index in [4.69, 9.17) is 4.74 Å². The fourth-order valence-corrected chi connectivity index (χ4v) is 6.77. The number of carbonyl (C=O) groups excluding carboxylic acids is 1. The van der Waals surface area contributed by atoms with Gasteiger partial charge >= 0.3 is 0 Å². The monoisotopic (exact) mass is 428 g/mol. The van der Waals surface area contributed by atoms with E-state index in [1.807, 2.05) is 59.5 Å². The fraction of sp³-hybridized carbons (Fsp3) is 0.435. The van der Waals surface area contributed by atoms with Crippen LogP contribution in [0.25, 0.3) is 0 Å². The highest BCUT2D eigenvalue weighted by Crippen LogP contribution is 2.34. The number of hydrogen-bond acceptors (Lipinski definition) is 4. The highest BCUT2D eigenvalue weighted by Gasteiger charge is 2.46. The lowest BCUT2D eigenvalue weighted by Crippen LogP contribution is -2.35. The summed E-state index contributed by atoms with van der Waals surface area (Å²) in [5.74, 6) is 0.869. The molecule has 160 valence electrons. The summed E-state index contributed by atoms with van der Waals surface area (Å²) in [6.07, 6.45) is 1.91. The average Bonchev–Trinajstić information content (AvgIpc) is 2.90. The van der Waals surface area contributed by atoms with Crippen LogP contribution in [-0.2, 0) is 16.4 Å². The van der Waals surface area contributed by atoms with Gasteiger partial charge in [0.1, 0.15) is 5.75 Å². The Morgan fingerprint density at radius 2 is 1.73 bits per heavy atom. The minimum Gasteiger partial charge on any atom is -0.497 e. The fourth-order valence-electron chi connectivity index (χ4n) is 4.53. The van der Waals surface area contributed by atoms with Crippen LogP contribution in [0.15, 0.2) is 54.6 Å². The smallest absolute Gasteiger partial charge is 0.253 e. The molecule has 0 saturated carbocycles. The van der Waals surface area contributed by atoms with Crippen molar-refractivity contribution < 1.29 is 17.9 Å². The zero-order valence-corrected chi connectivity index (χ0v) is 18.1. The highest BCUT2D eigenvalue weighted by molar-refractivity contribution is 7.90. The number of likely N-dealkylation sites (tertiary alicyclic amines) is 1. The van der Waals surface area contributed by atoms with Crippen molar-refractivity contribution in [1.82, 2.24) is 9.21 Å². The molecule has 2 saturated heterocycles. The zero-order chi connectivity index (χ0) is 21.1. The zero-order valence-electron chi connectivity index (χ0n) is 17.2. The molecule has 0 aromatic heterocycles. The molecule has 2 aromatic carbocycles. The Balaban J connectivity index is 1.38. The van der Waals surface area contributed by atoms with Gasteiger partial charge in [0, 0.05) is 31.7 Å². The van der Waals surface area contributed by atoms with Gasteiger partial charge in [-0.05, 0) is 55.0 Å². The number of hydrogen-bond donors (Lipinski definition) is 0. The molecule has 0 N–H and O–H groups in total. The van der Waals surface area contributed by atoms with Crippen molar-refractivity contribution in [3.63, 3.8) is 0 Å². The molecule has 0 radical (unpaired) electrons. The van der Waals surface area contributed by atoms with E-state index >= 15 is 0 Å². The van der Waals surface area contributed by atoms with Crippen LogP contribution in [0.1, 0.15) is 28.8 Å². The Morgan fingerprint density at radius 1 is 1.03 bits per heavy atom. The molecule has 0 bridgehead atoms. The molecule has 2 aromatic rings. The normalized spacial score (nSPS) is 23.6. The number of rotatable bonds is 5. The van der Waals surface area contributed by atoms with Gasteiger partial charge in [0.15, 0.2) is 0 Å². The van der Waals surface area contributed by atoms with E-state index in [0.717, 1.165) is 17.7 Å². The number of benzene rings is 2. The molecule has 0 spiro atoms.